The van der Waals surface area contributed by atoms with Crippen LogP contribution in [0.5, 0.6) is 0 Å². The van der Waals surface area contributed by atoms with Gasteiger partial charge in [-0.15, -0.1) is 0 Å². The van der Waals surface area contributed by atoms with Gasteiger partial charge in [-0.05, 0) is 25.1 Å². The summed E-state index contributed by atoms with van der Waals surface area (Å²) in [5, 5.41) is 0.719. The Bertz CT molecular complexity index is 711. The minimum Gasteiger partial charge on any atom is -0.327 e. The van der Waals surface area contributed by atoms with E-state index in [4.69, 9.17) is 11.6 Å². The molecule has 0 bridgehead atoms. The highest BCUT2D eigenvalue weighted by Crippen LogP contribution is 2.25. The van der Waals surface area contributed by atoms with Crippen molar-refractivity contribution >= 4 is 22.6 Å². The van der Waals surface area contributed by atoms with Crippen LogP contribution in [0.15, 0.2) is 42.5 Å². The van der Waals surface area contributed by atoms with E-state index in [0.29, 0.717) is 0 Å². The molecule has 0 spiro atoms. The van der Waals surface area contributed by atoms with Crippen LogP contribution in [0.3, 0.4) is 0 Å². The zero-order valence-electron chi connectivity index (χ0n) is 10.3. The largest absolute Gasteiger partial charge is 0.327 e. The molecule has 0 aliphatic carbocycles. The SMILES string of the molecule is Cc1ccc(-c2nc3cc(Cl)ccc3n2C)cc1. The lowest BCUT2D eigenvalue weighted by Crippen LogP contribution is -1.92. The minimum absolute atomic E-state index is 0.719. The van der Waals surface area contributed by atoms with Gasteiger partial charge in [0.05, 0.1) is 11.0 Å². The summed E-state index contributed by atoms with van der Waals surface area (Å²) in [6, 6.07) is 14.2. The number of aromatic nitrogens is 2. The summed E-state index contributed by atoms with van der Waals surface area (Å²) in [5.41, 5.74) is 4.39. The Morgan fingerprint density at radius 2 is 1.78 bits per heavy atom. The van der Waals surface area contributed by atoms with Crippen molar-refractivity contribution in [2.75, 3.05) is 0 Å². The van der Waals surface area contributed by atoms with E-state index in [1.165, 1.54) is 5.56 Å². The van der Waals surface area contributed by atoms with Crippen molar-refractivity contribution in [3.8, 4) is 11.4 Å². The van der Waals surface area contributed by atoms with E-state index in [0.717, 1.165) is 27.4 Å². The van der Waals surface area contributed by atoms with Crippen molar-refractivity contribution in [3.63, 3.8) is 0 Å². The van der Waals surface area contributed by atoms with E-state index in [1.54, 1.807) is 0 Å². The fourth-order valence-corrected chi connectivity index (χ4v) is 2.30. The maximum absolute atomic E-state index is 6.00. The number of hydrogen-bond donors (Lipinski definition) is 0. The number of benzene rings is 2. The first-order chi connectivity index (χ1) is 8.65. The summed E-state index contributed by atoms with van der Waals surface area (Å²) in [5.74, 6) is 0.965. The Kier molecular flexibility index (Phi) is 2.60. The van der Waals surface area contributed by atoms with Gasteiger partial charge in [-0.1, -0.05) is 41.4 Å². The number of aryl methyl sites for hydroxylation is 2. The maximum Gasteiger partial charge on any atom is 0.140 e. The van der Waals surface area contributed by atoms with Gasteiger partial charge in [0.2, 0.25) is 0 Å². The average molecular weight is 257 g/mol. The predicted octanol–water partition coefficient (Wildman–Crippen LogP) is 4.20. The second kappa shape index (κ2) is 4.14. The summed E-state index contributed by atoms with van der Waals surface area (Å²) in [6.07, 6.45) is 0. The number of nitrogens with zero attached hydrogens (tertiary/aromatic N) is 2. The number of hydrogen-bond acceptors (Lipinski definition) is 1. The summed E-state index contributed by atoms with van der Waals surface area (Å²) < 4.78 is 2.09. The summed E-state index contributed by atoms with van der Waals surface area (Å²) in [7, 11) is 2.03. The molecule has 3 heteroatoms. The molecule has 0 radical (unpaired) electrons. The Labute approximate surface area is 111 Å². The quantitative estimate of drug-likeness (QED) is 0.638. The molecule has 0 saturated carbocycles. The summed E-state index contributed by atoms with van der Waals surface area (Å²) in [6.45, 7) is 2.08. The highest BCUT2D eigenvalue weighted by molar-refractivity contribution is 6.31. The summed E-state index contributed by atoms with van der Waals surface area (Å²) in [4.78, 5) is 4.65. The van der Waals surface area contributed by atoms with Gasteiger partial charge in [-0.25, -0.2) is 4.98 Å². The van der Waals surface area contributed by atoms with Gasteiger partial charge in [0.15, 0.2) is 0 Å². The van der Waals surface area contributed by atoms with Crippen LogP contribution in [0.2, 0.25) is 5.02 Å². The molecular formula is C15H13ClN2. The molecule has 0 unspecified atom stereocenters. The van der Waals surface area contributed by atoms with Crippen molar-refractivity contribution < 1.29 is 0 Å². The topological polar surface area (TPSA) is 17.8 Å². The third-order valence-electron chi connectivity index (χ3n) is 3.15. The highest BCUT2D eigenvalue weighted by Gasteiger charge is 2.09. The Balaban J connectivity index is 2.23. The fourth-order valence-electron chi connectivity index (χ4n) is 2.13. The van der Waals surface area contributed by atoms with E-state index in [-0.39, 0.29) is 0 Å². The van der Waals surface area contributed by atoms with E-state index in [9.17, 15) is 0 Å². The monoisotopic (exact) mass is 256 g/mol. The van der Waals surface area contributed by atoms with Crippen LogP contribution in [0.1, 0.15) is 5.56 Å². The highest BCUT2D eigenvalue weighted by atomic mass is 35.5. The maximum atomic E-state index is 6.00. The van der Waals surface area contributed by atoms with Gasteiger partial charge in [0.1, 0.15) is 5.82 Å². The third-order valence-corrected chi connectivity index (χ3v) is 3.39. The molecule has 3 rings (SSSR count). The number of halogens is 1. The van der Waals surface area contributed by atoms with Crippen molar-refractivity contribution in [1.29, 1.82) is 0 Å². The number of rotatable bonds is 1. The molecule has 1 heterocycles. The number of fused-ring (bicyclic) bond motifs is 1. The molecule has 0 fully saturated rings. The number of imidazole rings is 1. The van der Waals surface area contributed by atoms with Crippen LogP contribution < -0.4 is 0 Å². The molecule has 0 N–H and O–H groups in total. The fraction of sp³-hybridized carbons (Fsp3) is 0.133. The van der Waals surface area contributed by atoms with Gasteiger partial charge in [0.25, 0.3) is 0 Å². The molecule has 2 nitrogen and oxygen atoms in total. The first-order valence-corrected chi connectivity index (χ1v) is 6.22. The molecule has 0 atom stereocenters. The Morgan fingerprint density at radius 3 is 2.50 bits per heavy atom. The molecule has 2 aromatic carbocycles. The standard InChI is InChI=1S/C15H13ClN2/c1-10-3-5-11(6-4-10)15-17-13-9-12(16)7-8-14(13)18(15)2/h3-9H,1-2H3. The van der Waals surface area contributed by atoms with E-state index >= 15 is 0 Å². The van der Waals surface area contributed by atoms with Gasteiger partial charge < -0.3 is 4.57 Å². The molecule has 1 aromatic heterocycles. The van der Waals surface area contributed by atoms with Crippen LogP contribution in [-0.4, -0.2) is 9.55 Å². The van der Waals surface area contributed by atoms with Crippen molar-refractivity contribution in [2.24, 2.45) is 7.05 Å². The zero-order valence-corrected chi connectivity index (χ0v) is 11.1. The van der Waals surface area contributed by atoms with Crippen LogP contribution in [-0.2, 0) is 7.05 Å². The molecule has 3 aromatic rings. The van der Waals surface area contributed by atoms with E-state index < -0.39 is 0 Å². The molecule has 0 aliphatic rings. The van der Waals surface area contributed by atoms with Crippen molar-refractivity contribution in [1.82, 2.24) is 9.55 Å². The van der Waals surface area contributed by atoms with E-state index in [1.807, 2.05) is 25.2 Å². The van der Waals surface area contributed by atoms with Gasteiger partial charge in [0, 0.05) is 17.6 Å². The first kappa shape index (κ1) is 11.3. The van der Waals surface area contributed by atoms with Crippen LogP contribution >= 0.6 is 11.6 Å². The molecule has 18 heavy (non-hydrogen) atoms. The van der Waals surface area contributed by atoms with Crippen molar-refractivity contribution in [3.05, 3.63) is 53.1 Å². The van der Waals surface area contributed by atoms with Crippen LogP contribution in [0.25, 0.3) is 22.4 Å². The zero-order chi connectivity index (χ0) is 12.7. The predicted molar refractivity (Wildman–Crippen MR) is 75.9 cm³/mol. The van der Waals surface area contributed by atoms with Gasteiger partial charge in [-0.3, -0.25) is 0 Å². The van der Waals surface area contributed by atoms with Crippen LogP contribution in [0.4, 0.5) is 0 Å². The lowest BCUT2D eigenvalue weighted by molar-refractivity contribution is 0.959. The van der Waals surface area contributed by atoms with Gasteiger partial charge >= 0.3 is 0 Å². The summed E-state index contributed by atoms with van der Waals surface area (Å²) >= 11 is 6.00. The second-order valence-corrected chi connectivity index (χ2v) is 4.93. The smallest absolute Gasteiger partial charge is 0.140 e. The van der Waals surface area contributed by atoms with Gasteiger partial charge in [-0.2, -0.15) is 0 Å². The average Bonchev–Trinajstić information content (AvgIpc) is 2.67. The van der Waals surface area contributed by atoms with Crippen molar-refractivity contribution in [2.45, 2.75) is 6.92 Å². The lowest BCUT2D eigenvalue weighted by Gasteiger charge is -2.02. The molecular weight excluding hydrogens is 244 g/mol. The Hall–Kier alpha value is -1.80. The Morgan fingerprint density at radius 1 is 1.06 bits per heavy atom. The minimum atomic E-state index is 0.719. The van der Waals surface area contributed by atoms with Crippen LogP contribution in [0, 0.1) is 6.92 Å². The lowest BCUT2D eigenvalue weighted by atomic mass is 10.1. The third kappa shape index (κ3) is 1.79. The first-order valence-electron chi connectivity index (χ1n) is 5.84. The van der Waals surface area contributed by atoms with E-state index in [2.05, 4.69) is 40.7 Å². The second-order valence-electron chi connectivity index (χ2n) is 4.49. The molecule has 0 saturated heterocycles. The molecule has 0 aliphatic heterocycles. The molecule has 0 amide bonds. The normalized spacial score (nSPS) is 11.1. The molecule has 90 valence electrons.